The number of rotatable bonds is 6. The lowest BCUT2D eigenvalue weighted by molar-refractivity contribution is -0.115. The topological polar surface area (TPSA) is 41.1 Å². The predicted octanol–water partition coefficient (Wildman–Crippen LogP) is 2.79. The lowest BCUT2D eigenvalue weighted by atomic mass is 10.1. The fourth-order valence-electron chi connectivity index (χ4n) is 1.81. The highest BCUT2D eigenvalue weighted by molar-refractivity contribution is 5.92. The molecule has 1 aromatic carbocycles. The van der Waals surface area contributed by atoms with Crippen LogP contribution in [0.4, 0.5) is 10.1 Å². The summed E-state index contributed by atoms with van der Waals surface area (Å²) in [7, 11) is 0. The second-order valence-electron chi connectivity index (χ2n) is 4.94. The maximum Gasteiger partial charge on any atom is 0.238 e. The van der Waals surface area contributed by atoms with Gasteiger partial charge in [-0.15, -0.1) is 0 Å². The molecule has 0 spiro atoms. The van der Waals surface area contributed by atoms with Crippen molar-refractivity contribution < 1.29 is 9.18 Å². The first-order valence-electron chi connectivity index (χ1n) is 6.26. The third kappa shape index (κ3) is 5.27. The Labute approximate surface area is 108 Å². The van der Waals surface area contributed by atoms with Gasteiger partial charge in [0.05, 0.1) is 12.2 Å². The van der Waals surface area contributed by atoms with Gasteiger partial charge in [0.2, 0.25) is 5.91 Å². The number of amides is 1. The van der Waals surface area contributed by atoms with Gasteiger partial charge < -0.3 is 10.6 Å². The van der Waals surface area contributed by atoms with Crippen molar-refractivity contribution in [3.63, 3.8) is 0 Å². The summed E-state index contributed by atoms with van der Waals surface area (Å²) in [6.45, 7) is 6.51. The van der Waals surface area contributed by atoms with Crippen LogP contribution in [0.15, 0.2) is 24.3 Å². The molecule has 0 fully saturated rings. The molecule has 0 heterocycles. The largest absolute Gasteiger partial charge is 0.322 e. The average molecular weight is 252 g/mol. The molecule has 4 heteroatoms. The second-order valence-corrected chi connectivity index (χ2v) is 4.94. The third-order valence-corrected chi connectivity index (χ3v) is 2.58. The summed E-state index contributed by atoms with van der Waals surface area (Å²) in [4.78, 5) is 11.6. The van der Waals surface area contributed by atoms with Gasteiger partial charge in [0.25, 0.3) is 0 Å². The first-order chi connectivity index (χ1) is 8.49. The molecule has 0 aromatic heterocycles. The molecular weight excluding hydrogens is 231 g/mol. The first kappa shape index (κ1) is 14.6. The van der Waals surface area contributed by atoms with E-state index in [1.807, 2.05) is 6.92 Å². The van der Waals surface area contributed by atoms with E-state index in [4.69, 9.17) is 0 Å². The molecule has 1 amide bonds. The highest BCUT2D eigenvalue weighted by atomic mass is 19.1. The summed E-state index contributed by atoms with van der Waals surface area (Å²) in [5.74, 6) is -0.0566. The van der Waals surface area contributed by atoms with Crippen molar-refractivity contribution in [2.45, 2.75) is 33.2 Å². The van der Waals surface area contributed by atoms with Gasteiger partial charge in [0.15, 0.2) is 0 Å². The normalized spacial score (nSPS) is 12.5. The van der Waals surface area contributed by atoms with E-state index in [-0.39, 0.29) is 24.2 Å². The Morgan fingerprint density at radius 1 is 1.28 bits per heavy atom. The molecule has 3 nitrogen and oxygen atoms in total. The summed E-state index contributed by atoms with van der Waals surface area (Å²) in [5.41, 5.74) is 0.223. The Balaban J connectivity index is 2.36. The lowest BCUT2D eigenvalue weighted by Gasteiger charge is -2.15. The van der Waals surface area contributed by atoms with E-state index in [9.17, 15) is 9.18 Å². The average Bonchev–Trinajstić information content (AvgIpc) is 2.29. The van der Waals surface area contributed by atoms with Gasteiger partial charge >= 0.3 is 0 Å². The summed E-state index contributed by atoms with van der Waals surface area (Å²) in [6, 6.07) is 6.42. The third-order valence-electron chi connectivity index (χ3n) is 2.58. The zero-order valence-corrected chi connectivity index (χ0v) is 11.2. The SMILES string of the molecule is CC(C)CC(C)NCC(=O)Nc1ccccc1F. The van der Waals surface area contributed by atoms with Crippen molar-refractivity contribution in [1.29, 1.82) is 0 Å². The summed E-state index contributed by atoms with van der Waals surface area (Å²) in [6.07, 6.45) is 1.01. The van der Waals surface area contributed by atoms with Crippen LogP contribution >= 0.6 is 0 Å². The van der Waals surface area contributed by atoms with Crippen LogP contribution in [-0.4, -0.2) is 18.5 Å². The van der Waals surface area contributed by atoms with Crippen molar-refractivity contribution in [3.8, 4) is 0 Å². The number of nitrogens with one attached hydrogen (secondary N) is 2. The standard InChI is InChI=1S/C14H21FN2O/c1-10(2)8-11(3)16-9-14(18)17-13-7-5-4-6-12(13)15/h4-7,10-11,16H,8-9H2,1-3H3,(H,17,18). The van der Waals surface area contributed by atoms with Gasteiger partial charge in [-0.2, -0.15) is 0 Å². The zero-order valence-electron chi connectivity index (χ0n) is 11.2. The minimum absolute atomic E-state index is 0.197. The number of hydrogen-bond donors (Lipinski definition) is 2. The van der Waals surface area contributed by atoms with Crippen molar-refractivity contribution >= 4 is 11.6 Å². The molecule has 0 saturated carbocycles. The highest BCUT2D eigenvalue weighted by Crippen LogP contribution is 2.11. The van der Waals surface area contributed by atoms with Crippen molar-refractivity contribution in [3.05, 3.63) is 30.1 Å². The Morgan fingerprint density at radius 2 is 1.94 bits per heavy atom. The van der Waals surface area contributed by atoms with Crippen LogP contribution in [0.3, 0.4) is 0 Å². The van der Waals surface area contributed by atoms with Gasteiger partial charge in [-0.05, 0) is 31.4 Å². The molecule has 1 aromatic rings. The monoisotopic (exact) mass is 252 g/mol. The van der Waals surface area contributed by atoms with Crippen LogP contribution in [-0.2, 0) is 4.79 Å². The molecule has 0 bridgehead atoms. The van der Waals surface area contributed by atoms with Crippen LogP contribution < -0.4 is 10.6 Å². The van der Waals surface area contributed by atoms with Crippen LogP contribution in [0.5, 0.6) is 0 Å². The number of anilines is 1. The number of carbonyl (C=O) groups excluding carboxylic acids is 1. The van der Waals surface area contributed by atoms with Gasteiger partial charge in [-0.1, -0.05) is 26.0 Å². The molecule has 1 unspecified atom stereocenters. The van der Waals surface area contributed by atoms with Crippen molar-refractivity contribution in [2.75, 3.05) is 11.9 Å². The number of carbonyl (C=O) groups is 1. The Hall–Kier alpha value is -1.42. The minimum Gasteiger partial charge on any atom is -0.322 e. The Bertz CT molecular complexity index is 393. The van der Waals surface area contributed by atoms with E-state index in [1.165, 1.54) is 6.07 Å². The molecule has 2 N–H and O–H groups in total. The number of halogens is 1. The summed E-state index contributed by atoms with van der Waals surface area (Å²) >= 11 is 0. The van der Waals surface area contributed by atoms with E-state index in [0.717, 1.165) is 6.42 Å². The van der Waals surface area contributed by atoms with Crippen LogP contribution in [0.2, 0.25) is 0 Å². The first-order valence-corrected chi connectivity index (χ1v) is 6.26. The maximum absolute atomic E-state index is 13.3. The van der Waals surface area contributed by atoms with Gasteiger partial charge in [0.1, 0.15) is 5.82 Å². The molecule has 1 rings (SSSR count). The van der Waals surface area contributed by atoms with Gasteiger partial charge in [-0.25, -0.2) is 4.39 Å². The number of benzene rings is 1. The smallest absolute Gasteiger partial charge is 0.238 e. The van der Waals surface area contributed by atoms with Crippen LogP contribution in [0, 0.1) is 11.7 Å². The zero-order chi connectivity index (χ0) is 13.5. The molecule has 18 heavy (non-hydrogen) atoms. The molecule has 0 aliphatic heterocycles. The van der Waals surface area contributed by atoms with Gasteiger partial charge in [-0.3, -0.25) is 4.79 Å². The molecule has 0 saturated heterocycles. The number of hydrogen-bond acceptors (Lipinski definition) is 2. The van der Waals surface area contributed by atoms with E-state index in [1.54, 1.807) is 18.2 Å². The Kier molecular flexibility index (Phi) is 5.78. The van der Waals surface area contributed by atoms with Crippen molar-refractivity contribution in [2.24, 2.45) is 5.92 Å². The molecule has 100 valence electrons. The lowest BCUT2D eigenvalue weighted by Crippen LogP contribution is -2.35. The quantitative estimate of drug-likeness (QED) is 0.817. The molecule has 1 atom stereocenters. The highest BCUT2D eigenvalue weighted by Gasteiger charge is 2.09. The fraction of sp³-hybridized carbons (Fsp3) is 0.500. The number of para-hydroxylation sites is 1. The minimum atomic E-state index is -0.416. The summed E-state index contributed by atoms with van der Waals surface area (Å²) in [5, 5.41) is 5.66. The fourth-order valence-corrected chi connectivity index (χ4v) is 1.81. The summed E-state index contributed by atoms with van der Waals surface area (Å²) < 4.78 is 13.3. The molecule has 0 aliphatic carbocycles. The van der Waals surface area contributed by atoms with Crippen LogP contribution in [0.25, 0.3) is 0 Å². The van der Waals surface area contributed by atoms with E-state index in [0.29, 0.717) is 5.92 Å². The molecule has 0 aliphatic rings. The van der Waals surface area contributed by atoms with E-state index >= 15 is 0 Å². The second kappa shape index (κ2) is 7.11. The van der Waals surface area contributed by atoms with E-state index in [2.05, 4.69) is 24.5 Å². The van der Waals surface area contributed by atoms with E-state index < -0.39 is 5.82 Å². The molecular formula is C14H21FN2O. The Morgan fingerprint density at radius 3 is 2.56 bits per heavy atom. The van der Waals surface area contributed by atoms with Crippen LogP contribution in [0.1, 0.15) is 27.2 Å². The van der Waals surface area contributed by atoms with Crippen molar-refractivity contribution in [1.82, 2.24) is 5.32 Å². The van der Waals surface area contributed by atoms with Gasteiger partial charge in [0, 0.05) is 6.04 Å². The molecule has 0 radical (unpaired) electrons. The predicted molar refractivity (Wildman–Crippen MR) is 71.9 cm³/mol. The maximum atomic E-state index is 13.3.